The predicted octanol–water partition coefficient (Wildman–Crippen LogP) is 6.28. The maximum absolute atomic E-state index is 9.47. The first-order chi connectivity index (χ1) is 18.1. The highest BCUT2D eigenvalue weighted by atomic mass is 32.2. The van der Waals surface area contributed by atoms with Crippen molar-refractivity contribution in [2.24, 2.45) is 11.7 Å². The number of hydrogen-bond donors (Lipinski definition) is 2. The third-order valence-electron chi connectivity index (χ3n) is 6.84. The van der Waals surface area contributed by atoms with Crippen LogP contribution in [0.1, 0.15) is 41.6 Å². The Morgan fingerprint density at radius 2 is 1.62 bits per heavy atom. The van der Waals surface area contributed by atoms with E-state index in [2.05, 4.69) is 48.3 Å². The van der Waals surface area contributed by atoms with Gasteiger partial charge in [0.2, 0.25) is 0 Å². The maximum Gasteiger partial charge on any atom is 0.184 e. The van der Waals surface area contributed by atoms with E-state index in [9.17, 15) is 5.11 Å². The van der Waals surface area contributed by atoms with E-state index in [4.69, 9.17) is 15.2 Å². The molecule has 0 saturated carbocycles. The van der Waals surface area contributed by atoms with Crippen LogP contribution >= 0.6 is 11.8 Å². The van der Waals surface area contributed by atoms with Gasteiger partial charge < -0.3 is 20.3 Å². The van der Waals surface area contributed by atoms with Crippen LogP contribution in [0.2, 0.25) is 0 Å². The van der Waals surface area contributed by atoms with E-state index in [1.54, 1.807) is 11.8 Å². The van der Waals surface area contributed by atoms with Gasteiger partial charge in [0.1, 0.15) is 0 Å². The zero-order chi connectivity index (χ0) is 25.6. The summed E-state index contributed by atoms with van der Waals surface area (Å²) in [6, 6.07) is 30.6. The number of thioether (sulfide) groups is 1. The number of ether oxygens (including phenoxy) is 2. The number of aliphatic hydroxyl groups is 1. The predicted molar refractivity (Wildman–Crippen MR) is 148 cm³/mol. The van der Waals surface area contributed by atoms with E-state index in [-0.39, 0.29) is 24.7 Å². The Labute approximate surface area is 222 Å². The Kier molecular flexibility index (Phi) is 8.34. The molecule has 4 aromatic rings. The third-order valence-corrected chi connectivity index (χ3v) is 7.87. The van der Waals surface area contributed by atoms with E-state index in [0.717, 1.165) is 44.2 Å². The molecule has 3 N–H and O–H groups in total. The molecule has 4 atom stereocenters. The Hall–Kier alpha value is -3.00. The highest BCUT2D eigenvalue weighted by Gasteiger charge is 2.38. The molecule has 1 aromatic heterocycles. The highest BCUT2D eigenvalue weighted by Crippen LogP contribution is 2.43. The van der Waals surface area contributed by atoms with Crippen molar-refractivity contribution in [3.8, 4) is 11.1 Å². The van der Waals surface area contributed by atoms with Crippen molar-refractivity contribution in [2.45, 2.75) is 43.6 Å². The van der Waals surface area contributed by atoms with Crippen molar-refractivity contribution >= 4 is 11.8 Å². The van der Waals surface area contributed by atoms with Crippen LogP contribution in [0.4, 0.5) is 0 Å². The second-order valence-corrected chi connectivity index (χ2v) is 10.4. The van der Waals surface area contributed by atoms with Crippen molar-refractivity contribution in [1.29, 1.82) is 0 Å². The van der Waals surface area contributed by atoms with Crippen molar-refractivity contribution in [2.75, 3.05) is 5.75 Å². The number of nitrogens with zero attached hydrogens (tertiary/aromatic N) is 1. The lowest BCUT2D eigenvalue weighted by Crippen LogP contribution is -2.38. The summed E-state index contributed by atoms with van der Waals surface area (Å²) in [5.74, 6) is 0.901. The van der Waals surface area contributed by atoms with Gasteiger partial charge in [-0.15, -0.1) is 11.8 Å². The molecule has 190 valence electrons. The van der Waals surface area contributed by atoms with Crippen LogP contribution in [-0.4, -0.2) is 21.9 Å². The monoisotopic (exact) mass is 512 g/mol. The smallest absolute Gasteiger partial charge is 0.184 e. The molecule has 3 aromatic carbocycles. The normalized spacial score (nSPS) is 21.6. The summed E-state index contributed by atoms with van der Waals surface area (Å²) in [6.07, 6.45) is 1.16. The molecule has 1 aliphatic heterocycles. The summed E-state index contributed by atoms with van der Waals surface area (Å²) in [5, 5.41) is 10.5. The second kappa shape index (κ2) is 12.0. The molecule has 0 aliphatic carbocycles. The number of rotatable bonds is 8. The summed E-state index contributed by atoms with van der Waals surface area (Å²) in [7, 11) is 0. The minimum atomic E-state index is -0.488. The van der Waals surface area contributed by atoms with Crippen LogP contribution in [0.15, 0.2) is 102 Å². The van der Waals surface area contributed by atoms with E-state index in [1.165, 1.54) is 0 Å². The summed E-state index contributed by atoms with van der Waals surface area (Å²) in [6.45, 7) is 2.72. The summed E-state index contributed by atoms with van der Waals surface area (Å²) < 4.78 is 13.1. The van der Waals surface area contributed by atoms with Crippen LogP contribution in [0.3, 0.4) is 0 Å². The van der Waals surface area contributed by atoms with E-state index in [0.29, 0.717) is 6.54 Å². The van der Waals surface area contributed by atoms with Gasteiger partial charge in [-0.1, -0.05) is 79.7 Å². The minimum Gasteiger partial charge on any atom is -0.392 e. The zero-order valence-electron chi connectivity index (χ0n) is 20.9. The second-order valence-electron chi connectivity index (χ2n) is 9.33. The standard InChI is InChI=1S/C31H32N2O3S/c1-21-28(20-37-29-7-2-3-16-33-29)35-31(36-30(21)25-10-8-22(19-34)9-11-25)26-14-12-24(13-15-26)27-6-4-5-23(17-27)18-32/h2-17,21,28,30-31,34H,18-20,32H2,1H3/t21-,28+,30+,31+/m1/s1. The third kappa shape index (κ3) is 6.12. The molecule has 37 heavy (non-hydrogen) atoms. The average Bonchev–Trinajstić information content (AvgIpc) is 2.97. The fourth-order valence-corrected chi connectivity index (χ4v) is 5.65. The Morgan fingerprint density at radius 3 is 2.32 bits per heavy atom. The molecule has 5 rings (SSSR count). The zero-order valence-corrected chi connectivity index (χ0v) is 21.7. The Morgan fingerprint density at radius 1 is 0.838 bits per heavy atom. The van der Waals surface area contributed by atoms with Gasteiger partial charge in [0.15, 0.2) is 6.29 Å². The lowest BCUT2D eigenvalue weighted by molar-refractivity contribution is -0.268. The first kappa shape index (κ1) is 25.6. The lowest BCUT2D eigenvalue weighted by Gasteiger charge is -2.41. The Balaban J connectivity index is 1.39. The topological polar surface area (TPSA) is 77.6 Å². The average molecular weight is 513 g/mol. The molecular weight excluding hydrogens is 480 g/mol. The van der Waals surface area contributed by atoms with Crippen LogP contribution in [0.5, 0.6) is 0 Å². The molecule has 1 saturated heterocycles. The molecule has 6 heteroatoms. The first-order valence-electron chi connectivity index (χ1n) is 12.6. The fourth-order valence-electron chi connectivity index (χ4n) is 4.62. The molecule has 0 bridgehead atoms. The van der Waals surface area contributed by atoms with Crippen LogP contribution < -0.4 is 5.73 Å². The quantitative estimate of drug-likeness (QED) is 0.271. The number of hydrogen-bond acceptors (Lipinski definition) is 6. The molecule has 0 unspecified atom stereocenters. The molecule has 1 aliphatic rings. The molecule has 0 radical (unpaired) electrons. The number of aliphatic hydroxyl groups excluding tert-OH is 1. The molecular formula is C31H32N2O3S. The van der Waals surface area contributed by atoms with Crippen molar-refractivity contribution < 1.29 is 14.6 Å². The summed E-state index contributed by atoms with van der Waals surface area (Å²) in [4.78, 5) is 4.46. The molecule has 0 amide bonds. The van der Waals surface area contributed by atoms with Crippen LogP contribution in [0.25, 0.3) is 11.1 Å². The van der Waals surface area contributed by atoms with Crippen molar-refractivity contribution in [3.05, 3.63) is 119 Å². The van der Waals surface area contributed by atoms with Crippen LogP contribution in [0, 0.1) is 5.92 Å². The van der Waals surface area contributed by atoms with Gasteiger partial charge in [-0.2, -0.15) is 0 Å². The van der Waals surface area contributed by atoms with Crippen LogP contribution in [-0.2, 0) is 22.6 Å². The van der Waals surface area contributed by atoms with E-state index < -0.39 is 6.29 Å². The molecule has 2 heterocycles. The molecule has 5 nitrogen and oxygen atoms in total. The van der Waals surface area contributed by atoms with Gasteiger partial charge in [-0.3, -0.25) is 0 Å². The van der Waals surface area contributed by atoms with Gasteiger partial charge in [-0.05, 0) is 46.0 Å². The number of pyridine rings is 1. The van der Waals surface area contributed by atoms with E-state index in [1.807, 2.05) is 60.8 Å². The Bertz CT molecular complexity index is 1280. The first-order valence-corrected chi connectivity index (χ1v) is 13.6. The van der Waals surface area contributed by atoms with Gasteiger partial charge in [0.25, 0.3) is 0 Å². The summed E-state index contributed by atoms with van der Waals surface area (Å²) >= 11 is 1.70. The van der Waals surface area contributed by atoms with Gasteiger partial charge in [-0.25, -0.2) is 4.98 Å². The van der Waals surface area contributed by atoms with Gasteiger partial charge in [0.05, 0.1) is 23.8 Å². The van der Waals surface area contributed by atoms with E-state index >= 15 is 0 Å². The molecule has 1 fully saturated rings. The number of benzene rings is 3. The number of aromatic nitrogens is 1. The highest BCUT2D eigenvalue weighted by molar-refractivity contribution is 7.99. The SMILES string of the molecule is C[C@@H]1[C@H](CSc2ccccn2)O[C@H](c2ccc(-c3cccc(CN)c3)cc2)O[C@@H]1c1ccc(CO)cc1. The molecule has 0 spiro atoms. The van der Waals surface area contributed by atoms with Crippen molar-refractivity contribution in [1.82, 2.24) is 4.98 Å². The van der Waals surface area contributed by atoms with Gasteiger partial charge in [0, 0.05) is 30.0 Å². The van der Waals surface area contributed by atoms with Crippen molar-refractivity contribution in [3.63, 3.8) is 0 Å². The van der Waals surface area contributed by atoms with Gasteiger partial charge >= 0.3 is 0 Å². The fraction of sp³-hybridized carbons (Fsp3) is 0.258. The minimum absolute atomic E-state index is 0.0248. The largest absolute Gasteiger partial charge is 0.392 e. The number of nitrogens with two attached hydrogens (primary N) is 1. The maximum atomic E-state index is 9.47. The summed E-state index contributed by atoms with van der Waals surface area (Å²) in [5.41, 5.74) is 12.2. The lowest BCUT2D eigenvalue weighted by atomic mass is 9.91.